The molecule has 3 unspecified atom stereocenters. The van der Waals surface area contributed by atoms with Gasteiger partial charge >= 0.3 is 0 Å². The van der Waals surface area contributed by atoms with Gasteiger partial charge in [0, 0.05) is 34.5 Å². The zero-order chi connectivity index (χ0) is 29.5. The highest BCUT2D eigenvalue weighted by Crippen LogP contribution is 2.67. The van der Waals surface area contributed by atoms with Crippen molar-refractivity contribution >= 4 is 51.1 Å². The number of halogens is 1. The quantitative estimate of drug-likeness (QED) is 0.242. The maximum absolute atomic E-state index is 14.1. The molecule has 1 aromatic rings. The van der Waals surface area contributed by atoms with E-state index in [1.54, 1.807) is 28.8 Å². The van der Waals surface area contributed by atoms with Crippen LogP contribution in [0.1, 0.15) is 67.2 Å². The molecule has 3 amide bonds. The third-order valence-corrected chi connectivity index (χ3v) is 11.2. The van der Waals surface area contributed by atoms with Crippen molar-refractivity contribution in [2.24, 2.45) is 17.3 Å². The van der Waals surface area contributed by atoms with Crippen molar-refractivity contribution in [2.45, 2.75) is 93.6 Å². The van der Waals surface area contributed by atoms with Crippen molar-refractivity contribution in [1.82, 2.24) is 10.2 Å². The van der Waals surface area contributed by atoms with E-state index in [2.05, 4.69) is 47.3 Å². The van der Waals surface area contributed by atoms with Crippen LogP contribution in [-0.4, -0.2) is 73.9 Å². The highest BCUT2D eigenvalue weighted by molar-refractivity contribution is 9.09. The Kier molecular flexibility index (Phi) is 9.22. The summed E-state index contributed by atoms with van der Waals surface area (Å²) < 4.78 is 4.81. The standard InChI is InChI=1S/C30H44BrN3O5S/c1-7-39-19-12-10-18(11-13-19)32-25(36)21-22-27(38)34(14-8-9-15-35)24(30(22)16-20(31)23(21)40-30)26(37)33-29(5,6)17-28(2,3)4/h10-13,20-24,35H,7-9,14-17H2,1-6H3,(H,32,36)(H,33,37)/t20?,21-,22-,23-,24?,30?/m0/s1. The Balaban J connectivity index is 1.63. The van der Waals surface area contributed by atoms with Gasteiger partial charge < -0.3 is 25.4 Å². The molecule has 3 heterocycles. The number of rotatable bonds is 11. The molecule has 6 atom stereocenters. The number of thioether (sulfide) groups is 1. The molecule has 3 saturated heterocycles. The number of aliphatic hydroxyl groups is 1. The fraction of sp³-hybridized carbons (Fsp3) is 0.700. The average Bonchev–Trinajstić information content (AvgIpc) is 3.42. The molecule has 1 aromatic carbocycles. The van der Waals surface area contributed by atoms with E-state index >= 15 is 0 Å². The maximum atomic E-state index is 14.1. The van der Waals surface area contributed by atoms with Crippen LogP contribution in [0.2, 0.25) is 0 Å². The van der Waals surface area contributed by atoms with E-state index in [9.17, 15) is 19.5 Å². The molecule has 2 bridgehead atoms. The Morgan fingerprint density at radius 2 is 1.82 bits per heavy atom. The van der Waals surface area contributed by atoms with Crippen LogP contribution in [0, 0.1) is 17.3 Å². The van der Waals surface area contributed by atoms with Crippen molar-refractivity contribution < 1.29 is 24.2 Å². The first kappa shape index (κ1) is 31.2. The lowest BCUT2D eigenvalue weighted by Gasteiger charge is -2.39. The van der Waals surface area contributed by atoms with Crippen molar-refractivity contribution in [3.63, 3.8) is 0 Å². The highest BCUT2D eigenvalue weighted by Gasteiger charge is 2.75. The SMILES string of the molecule is CCOc1ccc(NC(=O)[C@H]2[C@H]3C(=O)N(CCCCO)C(C(=O)NC(C)(C)CC(C)(C)C)C34CC(Br)[C@@H]2S4)cc1. The van der Waals surface area contributed by atoms with Gasteiger partial charge in [0.1, 0.15) is 11.8 Å². The predicted molar refractivity (Wildman–Crippen MR) is 163 cm³/mol. The summed E-state index contributed by atoms with van der Waals surface area (Å²) >= 11 is 5.45. The molecule has 8 nitrogen and oxygen atoms in total. The van der Waals surface area contributed by atoms with Crippen LogP contribution < -0.4 is 15.4 Å². The summed E-state index contributed by atoms with van der Waals surface area (Å²) in [6.45, 7) is 13.4. The molecular weight excluding hydrogens is 594 g/mol. The number of carbonyl (C=O) groups is 3. The number of likely N-dealkylation sites (tertiary alicyclic amines) is 1. The molecule has 3 aliphatic heterocycles. The molecule has 10 heteroatoms. The summed E-state index contributed by atoms with van der Waals surface area (Å²) in [5.41, 5.74) is 0.184. The van der Waals surface area contributed by atoms with Gasteiger partial charge in [-0.25, -0.2) is 0 Å². The second-order valence-corrected chi connectivity index (χ2v) is 15.9. The first-order valence-electron chi connectivity index (χ1n) is 14.3. The number of nitrogens with one attached hydrogen (secondary N) is 2. The zero-order valence-corrected chi connectivity index (χ0v) is 26.9. The van der Waals surface area contributed by atoms with Crippen molar-refractivity contribution in [3.8, 4) is 5.75 Å². The zero-order valence-electron chi connectivity index (χ0n) is 24.5. The minimum atomic E-state index is -0.697. The number of benzene rings is 1. The lowest BCUT2D eigenvalue weighted by molar-refractivity contribution is -0.139. The van der Waals surface area contributed by atoms with Gasteiger partial charge in [-0.2, -0.15) is 0 Å². The van der Waals surface area contributed by atoms with Crippen LogP contribution in [0.4, 0.5) is 5.69 Å². The number of alkyl halides is 1. The van der Waals surface area contributed by atoms with Gasteiger partial charge in [-0.1, -0.05) is 36.7 Å². The summed E-state index contributed by atoms with van der Waals surface area (Å²) in [5, 5.41) is 15.6. The molecule has 0 saturated carbocycles. The topological polar surface area (TPSA) is 108 Å². The van der Waals surface area contributed by atoms with Gasteiger partial charge in [-0.05, 0) is 76.1 Å². The second kappa shape index (κ2) is 11.8. The molecule has 40 heavy (non-hydrogen) atoms. The van der Waals surface area contributed by atoms with E-state index in [1.807, 2.05) is 32.9 Å². The Morgan fingerprint density at radius 3 is 2.42 bits per heavy atom. The van der Waals surface area contributed by atoms with Crippen LogP contribution in [-0.2, 0) is 14.4 Å². The van der Waals surface area contributed by atoms with Crippen molar-refractivity contribution in [1.29, 1.82) is 0 Å². The lowest BCUT2D eigenvalue weighted by Crippen LogP contribution is -2.58. The molecule has 3 N–H and O–H groups in total. The molecule has 222 valence electrons. The van der Waals surface area contributed by atoms with Gasteiger partial charge in [0.05, 0.1) is 23.2 Å². The summed E-state index contributed by atoms with van der Waals surface area (Å²) in [6.07, 6.45) is 2.55. The van der Waals surface area contributed by atoms with Crippen LogP contribution in [0.15, 0.2) is 24.3 Å². The van der Waals surface area contributed by atoms with E-state index in [0.717, 1.165) is 12.2 Å². The largest absolute Gasteiger partial charge is 0.494 e. The van der Waals surface area contributed by atoms with E-state index in [4.69, 9.17) is 4.74 Å². The van der Waals surface area contributed by atoms with Gasteiger partial charge in [-0.3, -0.25) is 14.4 Å². The molecule has 0 radical (unpaired) electrons. The second-order valence-electron chi connectivity index (χ2n) is 13.2. The van der Waals surface area contributed by atoms with Crippen molar-refractivity contribution in [3.05, 3.63) is 24.3 Å². The number of anilines is 1. The van der Waals surface area contributed by atoms with Crippen LogP contribution in [0.5, 0.6) is 5.75 Å². The Hall–Kier alpha value is -1.78. The monoisotopic (exact) mass is 637 g/mol. The first-order valence-corrected chi connectivity index (χ1v) is 16.1. The number of carbonyl (C=O) groups excluding carboxylic acids is 3. The van der Waals surface area contributed by atoms with Crippen LogP contribution in [0.25, 0.3) is 0 Å². The van der Waals surface area contributed by atoms with Crippen LogP contribution in [0.3, 0.4) is 0 Å². The predicted octanol–water partition coefficient (Wildman–Crippen LogP) is 4.59. The smallest absolute Gasteiger partial charge is 0.244 e. The molecule has 4 rings (SSSR count). The molecule has 1 spiro atoms. The average molecular weight is 639 g/mol. The third kappa shape index (κ3) is 6.19. The molecule has 3 aliphatic rings. The number of ether oxygens (including phenoxy) is 1. The number of nitrogens with zero attached hydrogens (tertiary/aromatic N) is 1. The number of fused-ring (bicyclic) bond motifs is 1. The summed E-state index contributed by atoms with van der Waals surface area (Å²) in [6, 6.07) is 6.55. The minimum Gasteiger partial charge on any atom is -0.494 e. The number of unbranched alkanes of at least 4 members (excludes halogenated alkanes) is 1. The Labute approximate surface area is 250 Å². The number of amides is 3. The van der Waals surface area contributed by atoms with Gasteiger partial charge in [-0.15, -0.1) is 11.8 Å². The lowest BCUT2D eigenvalue weighted by atomic mass is 9.70. The van der Waals surface area contributed by atoms with E-state index in [1.165, 1.54) is 0 Å². The molecule has 0 aromatic heterocycles. The van der Waals surface area contributed by atoms with Gasteiger partial charge in [0.25, 0.3) is 0 Å². The van der Waals surface area contributed by atoms with E-state index < -0.39 is 28.2 Å². The maximum Gasteiger partial charge on any atom is 0.244 e. The molecule has 0 aliphatic carbocycles. The van der Waals surface area contributed by atoms with Gasteiger partial charge in [0.2, 0.25) is 17.7 Å². The molecular formula is C30H44BrN3O5S. The number of hydrogen-bond donors (Lipinski definition) is 3. The summed E-state index contributed by atoms with van der Waals surface area (Å²) in [4.78, 5) is 43.8. The Morgan fingerprint density at radius 1 is 1.15 bits per heavy atom. The summed E-state index contributed by atoms with van der Waals surface area (Å²) in [5.74, 6) is -0.918. The first-order chi connectivity index (χ1) is 18.7. The number of hydrogen-bond acceptors (Lipinski definition) is 6. The minimum absolute atomic E-state index is 0.00732. The van der Waals surface area contributed by atoms with Gasteiger partial charge in [0.15, 0.2) is 0 Å². The number of aliphatic hydroxyl groups excluding tert-OH is 1. The fourth-order valence-corrected chi connectivity index (χ4v) is 10.8. The van der Waals surface area contributed by atoms with Crippen molar-refractivity contribution in [2.75, 3.05) is 25.1 Å². The third-order valence-electron chi connectivity index (χ3n) is 8.01. The normalized spacial score (nSPS) is 29.4. The van der Waals surface area contributed by atoms with Crippen LogP contribution >= 0.6 is 27.7 Å². The summed E-state index contributed by atoms with van der Waals surface area (Å²) in [7, 11) is 0. The van der Waals surface area contributed by atoms with E-state index in [0.29, 0.717) is 38.1 Å². The fourth-order valence-electron chi connectivity index (χ4n) is 7.16. The molecule has 3 fully saturated rings. The Bertz CT molecular complexity index is 1110. The van der Waals surface area contributed by atoms with E-state index in [-0.39, 0.29) is 39.8 Å². The highest BCUT2D eigenvalue weighted by atomic mass is 79.9.